The van der Waals surface area contributed by atoms with Gasteiger partial charge in [-0.1, -0.05) is 12.1 Å². The van der Waals surface area contributed by atoms with Crippen molar-refractivity contribution >= 4 is 5.91 Å². The van der Waals surface area contributed by atoms with E-state index < -0.39 is 11.9 Å². The first-order valence-electron chi connectivity index (χ1n) is 9.30. The molecule has 1 aromatic heterocycles. The zero-order valence-electron chi connectivity index (χ0n) is 15.8. The number of nitrogens with one attached hydrogen (secondary N) is 1. The van der Waals surface area contributed by atoms with Crippen molar-refractivity contribution in [2.75, 3.05) is 13.2 Å². The molecule has 30 heavy (non-hydrogen) atoms. The Bertz CT molecular complexity index is 1050. The molecular formula is C21H18F3N3O3. The second kappa shape index (κ2) is 8.10. The monoisotopic (exact) mass is 417 g/mol. The van der Waals surface area contributed by atoms with Crippen LogP contribution in [0.2, 0.25) is 0 Å². The molecule has 0 spiro atoms. The number of nitrogens with zero attached hydrogens (tertiary/aromatic N) is 2. The van der Waals surface area contributed by atoms with Crippen molar-refractivity contribution < 1.29 is 27.4 Å². The number of carbonyl (C=O) groups is 1. The van der Waals surface area contributed by atoms with Crippen molar-refractivity contribution in [2.24, 2.45) is 0 Å². The first kappa shape index (κ1) is 19.8. The highest BCUT2D eigenvalue weighted by Gasteiger charge is 2.33. The number of alkyl halides is 3. The SMILES string of the molecule is O=C(NCc1ccc(-n2ccc(C(F)(F)F)n2)cc1)c1ccc2c(c1)OCCCO2. The molecule has 6 nitrogen and oxygen atoms in total. The van der Waals surface area contributed by atoms with Crippen LogP contribution >= 0.6 is 0 Å². The number of carbonyl (C=O) groups excluding carboxylic acids is 1. The van der Waals surface area contributed by atoms with Gasteiger partial charge in [0.05, 0.1) is 18.9 Å². The van der Waals surface area contributed by atoms with Crippen LogP contribution in [-0.4, -0.2) is 28.9 Å². The fraction of sp³-hybridized carbons (Fsp3) is 0.238. The van der Waals surface area contributed by atoms with Gasteiger partial charge in [0.1, 0.15) is 0 Å². The van der Waals surface area contributed by atoms with E-state index in [2.05, 4.69) is 10.4 Å². The summed E-state index contributed by atoms with van der Waals surface area (Å²) in [5.41, 5.74) is 0.786. The van der Waals surface area contributed by atoms with Crippen LogP contribution in [0.1, 0.15) is 28.0 Å². The maximum absolute atomic E-state index is 12.7. The Morgan fingerprint density at radius 2 is 1.77 bits per heavy atom. The molecule has 1 amide bonds. The molecule has 2 aromatic carbocycles. The minimum Gasteiger partial charge on any atom is -0.490 e. The quantitative estimate of drug-likeness (QED) is 0.698. The molecule has 3 aromatic rings. The van der Waals surface area contributed by atoms with E-state index in [-0.39, 0.29) is 12.5 Å². The first-order chi connectivity index (χ1) is 14.4. The molecule has 0 fully saturated rings. The van der Waals surface area contributed by atoms with Gasteiger partial charge in [-0.05, 0) is 42.0 Å². The van der Waals surface area contributed by atoms with Gasteiger partial charge in [-0.15, -0.1) is 0 Å². The zero-order valence-corrected chi connectivity index (χ0v) is 15.8. The van der Waals surface area contributed by atoms with Crippen molar-refractivity contribution in [1.82, 2.24) is 15.1 Å². The number of amides is 1. The summed E-state index contributed by atoms with van der Waals surface area (Å²) in [5, 5.41) is 6.35. The fourth-order valence-electron chi connectivity index (χ4n) is 2.97. The van der Waals surface area contributed by atoms with Crippen LogP contribution in [0.5, 0.6) is 11.5 Å². The van der Waals surface area contributed by atoms with Gasteiger partial charge in [0.25, 0.3) is 5.91 Å². The Morgan fingerprint density at radius 3 is 2.47 bits per heavy atom. The van der Waals surface area contributed by atoms with Crippen LogP contribution in [-0.2, 0) is 12.7 Å². The smallest absolute Gasteiger partial charge is 0.435 e. The summed E-state index contributed by atoms with van der Waals surface area (Å²) in [6.07, 6.45) is -2.45. The maximum Gasteiger partial charge on any atom is 0.435 e. The average molecular weight is 417 g/mol. The van der Waals surface area contributed by atoms with E-state index in [0.29, 0.717) is 36.0 Å². The van der Waals surface area contributed by atoms with Crippen molar-refractivity contribution in [3.05, 3.63) is 71.5 Å². The van der Waals surface area contributed by atoms with Crippen LogP contribution in [0.4, 0.5) is 13.2 Å². The summed E-state index contributed by atoms with van der Waals surface area (Å²) in [6.45, 7) is 1.37. The molecule has 0 unspecified atom stereocenters. The highest BCUT2D eigenvalue weighted by Crippen LogP contribution is 2.30. The Balaban J connectivity index is 1.39. The van der Waals surface area contributed by atoms with Gasteiger partial charge in [0.15, 0.2) is 17.2 Å². The molecular weight excluding hydrogens is 399 g/mol. The molecule has 1 aliphatic heterocycles. The third kappa shape index (κ3) is 4.40. The van der Waals surface area contributed by atoms with E-state index in [1.165, 1.54) is 6.20 Å². The molecule has 0 radical (unpaired) electrons. The normalized spacial score (nSPS) is 13.6. The second-order valence-corrected chi connectivity index (χ2v) is 6.70. The Morgan fingerprint density at radius 1 is 1.03 bits per heavy atom. The molecule has 0 bridgehead atoms. The van der Waals surface area contributed by atoms with Gasteiger partial charge in [-0.2, -0.15) is 18.3 Å². The van der Waals surface area contributed by atoms with Crippen LogP contribution < -0.4 is 14.8 Å². The number of ether oxygens (including phenoxy) is 2. The molecule has 4 rings (SSSR count). The molecule has 1 aliphatic rings. The molecule has 2 heterocycles. The van der Waals surface area contributed by atoms with Crippen molar-refractivity contribution in [3.63, 3.8) is 0 Å². The highest BCUT2D eigenvalue weighted by atomic mass is 19.4. The topological polar surface area (TPSA) is 65.4 Å². The lowest BCUT2D eigenvalue weighted by Gasteiger charge is -2.10. The Kier molecular flexibility index (Phi) is 5.35. The number of benzene rings is 2. The minimum absolute atomic E-state index is 0.264. The molecule has 0 saturated heterocycles. The van der Waals surface area contributed by atoms with Crippen LogP contribution in [0, 0.1) is 0 Å². The van der Waals surface area contributed by atoms with E-state index in [0.717, 1.165) is 22.7 Å². The lowest BCUT2D eigenvalue weighted by atomic mass is 10.1. The predicted octanol–water partition coefficient (Wildman–Crippen LogP) is 3.98. The van der Waals surface area contributed by atoms with Gasteiger partial charge in [-0.25, -0.2) is 4.68 Å². The van der Waals surface area contributed by atoms with Crippen molar-refractivity contribution in [2.45, 2.75) is 19.1 Å². The maximum atomic E-state index is 12.7. The van der Waals surface area contributed by atoms with Crippen molar-refractivity contribution in [1.29, 1.82) is 0 Å². The minimum atomic E-state index is -4.48. The summed E-state index contributed by atoms with van der Waals surface area (Å²) in [5.74, 6) is 0.894. The molecule has 9 heteroatoms. The summed E-state index contributed by atoms with van der Waals surface area (Å²) in [7, 11) is 0. The standard InChI is InChI=1S/C21H18F3N3O3/c22-21(23,24)19-8-9-27(26-19)16-5-2-14(3-6-16)13-25-20(28)15-4-7-17-18(12-15)30-11-1-10-29-17/h2-9,12H,1,10-11,13H2,(H,25,28). The number of hydrogen-bond acceptors (Lipinski definition) is 4. The number of rotatable bonds is 4. The van der Waals surface area contributed by atoms with E-state index in [9.17, 15) is 18.0 Å². The van der Waals surface area contributed by atoms with E-state index in [1.54, 1.807) is 42.5 Å². The number of halogens is 3. The molecule has 1 N–H and O–H groups in total. The van der Waals surface area contributed by atoms with Crippen LogP contribution in [0.25, 0.3) is 5.69 Å². The number of fused-ring (bicyclic) bond motifs is 1. The van der Waals surface area contributed by atoms with Gasteiger partial charge < -0.3 is 14.8 Å². The summed E-state index contributed by atoms with van der Waals surface area (Å²) in [4.78, 5) is 12.4. The Hall–Kier alpha value is -3.49. The van der Waals surface area contributed by atoms with Gasteiger partial charge in [-0.3, -0.25) is 4.79 Å². The van der Waals surface area contributed by atoms with Gasteiger partial charge >= 0.3 is 6.18 Å². The van der Waals surface area contributed by atoms with Crippen molar-refractivity contribution in [3.8, 4) is 17.2 Å². The molecule has 156 valence electrons. The third-order valence-corrected chi connectivity index (χ3v) is 4.54. The lowest BCUT2D eigenvalue weighted by molar-refractivity contribution is -0.141. The molecule has 0 atom stereocenters. The first-order valence-corrected chi connectivity index (χ1v) is 9.30. The second-order valence-electron chi connectivity index (χ2n) is 6.70. The third-order valence-electron chi connectivity index (χ3n) is 4.54. The lowest BCUT2D eigenvalue weighted by Crippen LogP contribution is -2.22. The fourth-order valence-corrected chi connectivity index (χ4v) is 2.97. The molecule has 0 saturated carbocycles. The van der Waals surface area contributed by atoms with Gasteiger partial charge in [0.2, 0.25) is 0 Å². The van der Waals surface area contributed by atoms with E-state index >= 15 is 0 Å². The summed E-state index contributed by atoms with van der Waals surface area (Å²) in [6, 6.07) is 12.7. The highest BCUT2D eigenvalue weighted by molar-refractivity contribution is 5.94. The zero-order chi connectivity index (χ0) is 21.1. The number of aromatic nitrogens is 2. The summed E-state index contributed by atoms with van der Waals surface area (Å²) >= 11 is 0. The van der Waals surface area contributed by atoms with Crippen LogP contribution in [0.3, 0.4) is 0 Å². The van der Waals surface area contributed by atoms with E-state index in [1.807, 2.05) is 0 Å². The Labute approximate surface area is 170 Å². The van der Waals surface area contributed by atoms with Crippen LogP contribution in [0.15, 0.2) is 54.7 Å². The predicted molar refractivity (Wildman–Crippen MR) is 102 cm³/mol. The largest absolute Gasteiger partial charge is 0.490 e. The van der Waals surface area contributed by atoms with E-state index in [4.69, 9.17) is 9.47 Å². The van der Waals surface area contributed by atoms with Gasteiger partial charge in [0, 0.05) is 24.7 Å². The molecule has 0 aliphatic carbocycles. The number of hydrogen-bond donors (Lipinski definition) is 1. The average Bonchev–Trinajstić information content (AvgIpc) is 3.12. The summed E-state index contributed by atoms with van der Waals surface area (Å²) < 4.78 is 50.3.